The van der Waals surface area contributed by atoms with Gasteiger partial charge in [-0.15, -0.1) is 0 Å². The topological polar surface area (TPSA) is 62.3 Å². The molecule has 1 aromatic heterocycles. The van der Waals surface area contributed by atoms with Gasteiger partial charge in [-0.05, 0) is 70.1 Å². The highest BCUT2D eigenvalue weighted by atomic mass is 35.5. The first-order valence-electron chi connectivity index (χ1n) is 10.8. The normalized spacial score (nSPS) is 30.6. The van der Waals surface area contributed by atoms with E-state index in [1.807, 2.05) is 0 Å². The summed E-state index contributed by atoms with van der Waals surface area (Å²) in [5, 5.41) is 3.53. The number of hydrogen-bond donors (Lipinski definition) is 1. The maximum atomic E-state index is 13.2. The predicted molar refractivity (Wildman–Crippen MR) is 113 cm³/mol. The van der Waals surface area contributed by atoms with E-state index in [0.717, 1.165) is 57.3 Å². The number of thiazole rings is 1. The maximum Gasteiger partial charge on any atom is 0.324 e. The molecule has 0 aliphatic heterocycles. The fourth-order valence-electron chi connectivity index (χ4n) is 4.96. The third-order valence-electron chi connectivity index (χ3n) is 6.78. The monoisotopic (exact) mass is 423 g/mol. The highest BCUT2D eigenvalue weighted by molar-refractivity contribution is 7.19. The molecule has 154 valence electrons. The van der Waals surface area contributed by atoms with Gasteiger partial charge >= 0.3 is 6.03 Å². The Morgan fingerprint density at radius 3 is 2.04 bits per heavy atom. The smallest absolute Gasteiger partial charge is 0.319 e. The zero-order chi connectivity index (χ0) is 19.7. The molecule has 3 saturated carbocycles. The number of aromatic nitrogens is 1. The number of amides is 2. The van der Waals surface area contributed by atoms with E-state index in [1.165, 1.54) is 24.2 Å². The summed E-state index contributed by atoms with van der Waals surface area (Å²) < 4.78 is 0.576. The molecule has 0 bridgehead atoms. The fourth-order valence-corrected chi connectivity index (χ4v) is 5.76. The Morgan fingerprint density at radius 1 is 1.00 bits per heavy atom. The number of Topliss-reactive ketones (excluding diaryl/α,β-unsaturated/α-hetero) is 1. The Kier molecular flexibility index (Phi) is 6.26. The van der Waals surface area contributed by atoms with Gasteiger partial charge in [-0.2, -0.15) is 0 Å². The zero-order valence-electron chi connectivity index (χ0n) is 16.5. The quantitative estimate of drug-likeness (QED) is 0.656. The van der Waals surface area contributed by atoms with Crippen LogP contribution in [-0.4, -0.2) is 33.8 Å². The molecule has 3 aliphatic rings. The average molecular weight is 424 g/mol. The van der Waals surface area contributed by atoms with Crippen LogP contribution < -0.4 is 5.32 Å². The van der Waals surface area contributed by atoms with E-state index in [9.17, 15) is 9.59 Å². The molecule has 1 N–H and O–H groups in total. The lowest BCUT2D eigenvalue weighted by atomic mass is 9.80. The number of carbonyl (C=O) groups excluding carboxylic acids is 2. The van der Waals surface area contributed by atoms with Gasteiger partial charge < -0.3 is 4.90 Å². The molecule has 2 amide bonds. The van der Waals surface area contributed by atoms with Gasteiger partial charge in [0.1, 0.15) is 10.1 Å². The fraction of sp³-hybridized carbons (Fsp3) is 0.762. The van der Waals surface area contributed by atoms with Crippen LogP contribution in [-0.2, 0) is 4.79 Å². The lowest BCUT2D eigenvalue weighted by molar-refractivity contribution is -0.125. The van der Waals surface area contributed by atoms with Crippen molar-refractivity contribution in [1.82, 2.24) is 9.88 Å². The number of urea groups is 1. The molecule has 3 aliphatic carbocycles. The molecule has 28 heavy (non-hydrogen) atoms. The SMILES string of the molecule is CC1CCC(N(C(=O)Nc2ncc(Cl)s2)C2CCC(C(=O)C3CC3)CC2)CC1. The minimum atomic E-state index is -0.0532. The molecule has 0 spiro atoms. The minimum Gasteiger partial charge on any atom is -0.319 e. The molecular formula is C21H30ClN3O2S. The van der Waals surface area contributed by atoms with Crippen LogP contribution in [0.15, 0.2) is 6.20 Å². The van der Waals surface area contributed by atoms with Gasteiger partial charge in [0.2, 0.25) is 0 Å². The van der Waals surface area contributed by atoms with Gasteiger partial charge in [-0.25, -0.2) is 9.78 Å². The third kappa shape index (κ3) is 4.70. The number of rotatable bonds is 5. The largest absolute Gasteiger partial charge is 0.324 e. The first kappa shape index (κ1) is 20.1. The minimum absolute atomic E-state index is 0.0532. The molecule has 5 nitrogen and oxygen atoms in total. The van der Waals surface area contributed by atoms with Crippen LogP contribution in [0.5, 0.6) is 0 Å². The molecule has 0 saturated heterocycles. The number of hydrogen-bond acceptors (Lipinski definition) is 4. The second kappa shape index (κ2) is 8.70. The number of nitrogens with one attached hydrogen (secondary N) is 1. The van der Waals surface area contributed by atoms with E-state index in [2.05, 4.69) is 22.1 Å². The number of anilines is 1. The number of nitrogens with zero attached hydrogens (tertiary/aromatic N) is 2. The maximum absolute atomic E-state index is 13.2. The van der Waals surface area contributed by atoms with Crippen molar-refractivity contribution in [3.05, 3.63) is 10.5 Å². The molecule has 1 aromatic rings. The van der Waals surface area contributed by atoms with E-state index in [-0.39, 0.29) is 24.0 Å². The predicted octanol–water partition coefficient (Wildman–Crippen LogP) is 5.75. The summed E-state index contributed by atoms with van der Waals surface area (Å²) in [6.07, 6.45) is 11.9. The summed E-state index contributed by atoms with van der Waals surface area (Å²) in [6, 6.07) is 0.451. The van der Waals surface area contributed by atoms with Gasteiger partial charge in [0, 0.05) is 23.9 Å². The van der Waals surface area contributed by atoms with Crippen LogP contribution in [0.2, 0.25) is 4.34 Å². The number of halogens is 1. The molecule has 0 aromatic carbocycles. The third-order valence-corrected chi connectivity index (χ3v) is 7.81. The summed E-state index contributed by atoms with van der Waals surface area (Å²) in [5.74, 6) is 1.79. The van der Waals surface area contributed by atoms with Crippen molar-refractivity contribution in [2.45, 2.75) is 83.2 Å². The summed E-state index contributed by atoms with van der Waals surface area (Å²) in [4.78, 5) is 31.9. The van der Waals surface area contributed by atoms with Crippen LogP contribution in [0.4, 0.5) is 9.93 Å². The van der Waals surface area contributed by atoms with Crippen molar-refractivity contribution in [1.29, 1.82) is 0 Å². The van der Waals surface area contributed by atoms with Crippen LogP contribution in [0.25, 0.3) is 0 Å². The van der Waals surface area contributed by atoms with E-state index >= 15 is 0 Å². The van der Waals surface area contributed by atoms with Gasteiger partial charge in [0.05, 0.1) is 6.20 Å². The molecule has 1 heterocycles. The van der Waals surface area contributed by atoms with Crippen molar-refractivity contribution in [3.8, 4) is 0 Å². The van der Waals surface area contributed by atoms with Crippen LogP contribution >= 0.6 is 22.9 Å². The highest BCUT2D eigenvalue weighted by Gasteiger charge is 2.40. The van der Waals surface area contributed by atoms with E-state index in [0.29, 0.717) is 21.2 Å². The Balaban J connectivity index is 1.43. The zero-order valence-corrected chi connectivity index (χ0v) is 18.1. The van der Waals surface area contributed by atoms with E-state index in [4.69, 9.17) is 11.6 Å². The first-order chi connectivity index (χ1) is 13.5. The van der Waals surface area contributed by atoms with Crippen LogP contribution in [0.3, 0.4) is 0 Å². The standard InChI is InChI=1S/C21H30ClN3O2S/c1-13-2-8-16(9-3-13)25(21(27)24-20-23-12-18(22)28-20)17-10-6-15(7-11-17)19(26)14-4-5-14/h12-17H,2-11H2,1H3,(H,23,24,27). The summed E-state index contributed by atoms with van der Waals surface area (Å²) >= 11 is 7.26. The number of carbonyl (C=O) groups is 2. The van der Waals surface area contributed by atoms with Gasteiger partial charge in [0.15, 0.2) is 5.13 Å². The molecule has 4 rings (SSSR count). The van der Waals surface area contributed by atoms with Crippen molar-refractivity contribution in [2.75, 3.05) is 5.32 Å². The summed E-state index contributed by atoms with van der Waals surface area (Å²) in [6.45, 7) is 2.30. The first-order valence-corrected chi connectivity index (χ1v) is 11.9. The average Bonchev–Trinajstić information content (AvgIpc) is 3.46. The van der Waals surface area contributed by atoms with E-state index in [1.54, 1.807) is 6.20 Å². The second-order valence-electron chi connectivity index (χ2n) is 8.90. The Bertz CT molecular complexity index is 704. The molecular weight excluding hydrogens is 394 g/mol. The van der Waals surface area contributed by atoms with Crippen molar-refractivity contribution < 1.29 is 9.59 Å². The molecule has 3 fully saturated rings. The van der Waals surface area contributed by atoms with Gasteiger partial charge in [-0.3, -0.25) is 10.1 Å². The molecule has 7 heteroatoms. The lowest BCUT2D eigenvalue weighted by Crippen LogP contribution is -2.51. The Labute approximate surface area is 176 Å². The second-order valence-corrected chi connectivity index (χ2v) is 10.6. The Morgan fingerprint density at radius 2 is 1.54 bits per heavy atom. The molecule has 0 radical (unpaired) electrons. The van der Waals surface area contributed by atoms with Gasteiger partial charge in [0.25, 0.3) is 0 Å². The number of ketones is 1. The molecule has 0 atom stereocenters. The highest BCUT2D eigenvalue weighted by Crippen LogP contribution is 2.39. The van der Waals surface area contributed by atoms with Gasteiger partial charge in [-0.1, -0.05) is 29.9 Å². The van der Waals surface area contributed by atoms with E-state index < -0.39 is 0 Å². The van der Waals surface area contributed by atoms with Crippen molar-refractivity contribution >= 4 is 39.9 Å². The van der Waals surface area contributed by atoms with Crippen molar-refractivity contribution in [3.63, 3.8) is 0 Å². The lowest BCUT2D eigenvalue weighted by Gasteiger charge is -2.43. The van der Waals surface area contributed by atoms with Crippen molar-refractivity contribution in [2.24, 2.45) is 17.8 Å². The Hall–Kier alpha value is -1.14. The summed E-state index contributed by atoms with van der Waals surface area (Å²) in [7, 11) is 0. The molecule has 0 unspecified atom stereocenters. The van der Waals surface area contributed by atoms with Crippen LogP contribution in [0, 0.1) is 17.8 Å². The van der Waals surface area contributed by atoms with Crippen LogP contribution in [0.1, 0.15) is 71.1 Å². The summed E-state index contributed by atoms with van der Waals surface area (Å²) in [5.41, 5.74) is 0.